The van der Waals surface area contributed by atoms with E-state index in [0.717, 1.165) is 66.2 Å². The predicted molar refractivity (Wildman–Crippen MR) is 261 cm³/mol. The zero-order valence-electron chi connectivity index (χ0n) is 35.8. The van der Waals surface area contributed by atoms with E-state index < -0.39 is 14.9 Å². The van der Waals surface area contributed by atoms with Gasteiger partial charge >= 0.3 is 0 Å². The van der Waals surface area contributed by atoms with Crippen LogP contribution < -0.4 is 29.7 Å². The molecule has 3 N–H and O–H groups in total. The van der Waals surface area contributed by atoms with Crippen LogP contribution in [-0.2, 0) is 23.1 Å². The largest absolute Gasteiger partial charge is 0.454 e. The second-order valence-corrected chi connectivity index (χ2v) is 19.2. The van der Waals surface area contributed by atoms with Gasteiger partial charge in [-0.1, -0.05) is 78.3 Å². The van der Waals surface area contributed by atoms with Crippen molar-refractivity contribution in [1.82, 2.24) is 20.2 Å². The number of ether oxygens (including phenoxy) is 2. The minimum absolute atomic E-state index is 0.0747. The monoisotopic (exact) mass is 942 g/mol. The maximum Gasteiger partial charge on any atom is 0.293 e. The first kappa shape index (κ1) is 44.8. The average Bonchev–Trinajstić information content (AvgIpc) is 3.83. The lowest BCUT2D eigenvalue weighted by Gasteiger charge is -2.36. The molecule has 6 aromatic carbocycles. The summed E-state index contributed by atoms with van der Waals surface area (Å²) in [6.45, 7) is 5.46. The molecule has 14 nitrogen and oxygen atoms in total. The van der Waals surface area contributed by atoms with Gasteiger partial charge in [0, 0.05) is 83.7 Å². The van der Waals surface area contributed by atoms with Crippen molar-refractivity contribution in [3.8, 4) is 22.6 Å². The Kier molecular flexibility index (Phi) is 13.8. The van der Waals surface area contributed by atoms with E-state index in [1.54, 1.807) is 11.8 Å². The van der Waals surface area contributed by atoms with E-state index in [1.807, 2.05) is 78.9 Å². The second-order valence-electron chi connectivity index (χ2n) is 16.0. The number of halogens is 1. The van der Waals surface area contributed by atoms with Crippen molar-refractivity contribution in [2.45, 2.75) is 35.3 Å². The highest BCUT2D eigenvalue weighted by molar-refractivity contribution is 7.99. The molecule has 0 radical (unpaired) electrons. The molecule has 0 amide bonds. The van der Waals surface area contributed by atoms with Gasteiger partial charge in [-0.2, -0.15) is 0 Å². The maximum absolute atomic E-state index is 13.9. The van der Waals surface area contributed by atoms with Crippen LogP contribution >= 0.6 is 23.4 Å². The zero-order valence-corrected chi connectivity index (χ0v) is 38.2. The predicted octanol–water partition coefficient (Wildman–Crippen LogP) is 9.46. The van der Waals surface area contributed by atoms with Crippen molar-refractivity contribution in [2.75, 3.05) is 60.2 Å². The number of piperazine rings is 1. The lowest BCUT2D eigenvalue weighted by atomic mass is 9.99. The average molecular weight is 944 g/mol. The molecule has 66 heavy (non-hydrogen) atoms. The zero-order chi connectivity index (χ0) is 45.5. The first-order valence-corrected chi connectivity index (χ1v) is 24.4. The van der Waals surface area contributed by atoms with E-state index in [9.17, 15) is 18.5 Å². The molecule has 0 bridgehead atoms. The number of nitrogens with zero attached hydrogens (tertiary/aromatic N) is 5. The van der Waals surface area contributed by atoms with E-state index in [0.29, 0.717) is 46.9 Å². The number of nitro benzene ring substituents is 1. The normalized spacial score (nSPS) is 14.3. The molecule has 1 atom stereocenters. The summed E-state index contributed by atoms with van der Waals surface area (Å²) in [5.74, 6) is 2.12. The molecule has 1 fully saturated rings. The number of hydrogen-bond acceptors (Lipinski definition) is 13. The highest BCUT2D eigenvalue weighted by Gasteiger charge is 2.26. The van der Waals surface area contributed by atoms with Crippen LogP contribution in [0.2, 0.25) is 5.02 Å². The topological polar surface area (TPSA) is 164 Å². The lowest BCUT2D eigenvalue weighted by molar-refractivity contribution is -0.384. The molecule has 1 aromatic heterocycles. The molecule has 1 saturated heterocycles. The van der Waals surface area contributed by atoms with Crippen molar-refractivity contribution in [3.05, 3.63) is 166 Å². The molecule has 338 valence electrons. The summed E-state index contributed by atoms with van der Waals surface area (Å²) in [5.41, 5.74) is 5.94. The summed E-state index contributed by atoms with van der Waals surface area (Å²) in [6, 6.07) is 41.4. The summed E-state index contributed by atoms with van der Waals surface area (Å²) in [4.78, 5) is 26.2. The van der Waals surface area contributed by atoms with Crippen molar-refractivity contribution >= 4 is 67.2 Å². The van der Waals surface area contributed by atoms with Crippen LogP contribution in [0, 0.1) is 10.1 Å². The number of nitro groups is 1. The van der Waals surface area contributed by atoms with Crippen molar-refractivity contribution < 1.29 is 22.8 Å². The van der Waals surface area contributed by atoms with Crippen LogP contribution in [0.1, 0.15) is 17.5 Å². The summed E-state index contributed by atoms with van der Waals surface area (Å²) in [7, 11) is -4.31. The molecule has 9 rings (SSSR count). The van der Waals surface area contributed by atoms with Gasteiger partial charge in [0.1, 0.15) is 12.0 Å². The molecule has 17 heteroatoms. The van der Waals surface area contributed by atoms with Crippen LogP contribution in [0.15, 0.2) is 150 Å². The Labute approximate surface area is 392 Å². The molecular formula is C49H47ClN8O6S2. The van der Waals surface area contributed by atoms with E-state index >= 15 is 0 Å². The molecule has 2 aliphatic heterocycles. The second kappa shape index (κ2) is 20.4. The lowest BCUT2D eigenvalue weighted by Crippen LogP contribution is -2.46. The third-order valence-corrected chi connectivity index (χ3v) is 14.4. The Hall–Kier alpha value is -6.43. The van der Waals surface area contributed by atoms with Crippen LogP contribution in [0.25, 0.3) is 22.0 Å². The first-order chi connectivity index (χ1) is 32.2. The number of fused-ring (bicyclic) bond motifs is 2. The molecule has 0 spiro atoms. The van der Waals surface area contributed by atoms with E-state index in [-0.39, 0.29) is 34.9 Å². The van der Waals surface area contributed by atoms with Gasteiger partial charge in [-0.15, -0.1) is 11.8 Å². The van der Waals surface area contributed by atoms with Crippen molar-refractivity contribution in [1.29, 1.82) is 0 Å². The van der Waals surface area contributed by atoms with Gasteiger partial charge in [0.05, 0.1) is 15.3 Å². The molecule has 0 saturated carbocycles. The van der Waals surface area contributed by atoms with Crippen molar-refractivity contribution in [2.24, 2.45) is 0 Å². The Bertz CT molecular complexity index is 2940. The number of para-hydroxylation sites is 1. The fraction of sp³-hybridized carbons (Fsp3) is 0.224. The van der Waals surface area contributed by atoms with E-state index in [4.69, 9.17) is 21.1 Å². The Balaban J connectivity index is 0.854. The number of hydrogen-bond donors (Lipinski definition) is 3. The smallest absolute Gasteiger partial charge is 0.293 e. The fourth-order valence-corrected chi connectivity index (χ4v) is 10.4. The molecule has 7 aromatic rings. The van der Waals surface area contributed by atoms with Gasteiger partial charge in [-0.25, -0.2) is 18.4 Å². The summed E-state index contributed by atoms with van der Waals surface area (Å²) in [6.07, 6.45) is 1.93. The summed E-state index contributed by atoms with van der Waals surface area (Å²) in [5, 5.41) is 20.5. The molecular weight excluding hydrogens is 896 g/mol. The molecule has 3 heterocycles. The number of sulfonamides is 1. The van der Waals surface area contributed by atoms with Crippen LogP contribution in [-0.4, -0.2) is 79.5 Å². The Morgan fingerprint density at radius 2 is 1.62 bits per heavy atom. The molecule has 2 aliphatic rings. The fourth-order valence-electron chi connectivity index (χ4n) is 8.20. The van der Waals surface area contributed by atoms with Crippen LogP contribution in [0.5, 0.6) is 11.5 Å². The number of thioether (sulfide) groups is 1. The van der Waals surface area contributed by atoms with Gasteiger partial charge in [-0.05, 0) is 90.3 Å². The van der Waals surface area contributed by atoms with Gasteiger partial charge in [0.25, 0.3) is 15.7 Å². The first-order valence-electron chi connectivity index (χ1n) is 21.6. The number of aromatic nitrogens is 2. The standard InChI is InChI=1S/C49H47ClN8O6S2/c50-37-15-13-34(14-16-37)42-11-5-4-7-36(42)30-56-23-25-57(26-24-56)39-17-19-43-45(27-39)52-32-53-49(43)55-66(61,62)41-18-20-44(46(28-41)58(59)60)54-38(31-65-40-9-2-1-3-10-40)21-22-51-29-35-8-6-12-47-48(35)64-33-63-47/h1-20,27-28,32,38,51,54H,21-26,29-31,33H2,(H,52,53,55). The highest BCUT2D eigenvalue weighted by Crippen LogP contribution is 2.36. The summed E-state index contributed by atoms with van der Waals surface area (Å²) < 4.78 is 41.5. The van der Waals surface area contributed by atoms with E-state index in [1.165, 1.54) is 29.6 Å². The van der Waals surface area contributed by atoms with Gasteiger partial charge in [0.2, 0.25) is 6.79 Å². The van der Waals surface area contributed by atoms with E-state index in [2.05, 4.69) is 71.5 Å². The van der Waals surface area contributed by atoms with Gasteiger partial charge < -0.3 is 25.0 Å². The minimum Gasteiger partial charge on any atom is -0.454 e. The van der Waals surface area contributed by atoms with Crippen LogP contribution in [0.4, 0.5) is 22.9 Å². The number of anilines is 3. The van der Waals surface area contributed by atoms with Crippen molar-refractivity contribution in [3.63, 3.8) is 0 Å². The Morgan fingerprint density at radius 3 is 2.44 bits per heavy atom. The SMILES string of the molecule is O=[N+]([O-])c1cc(S(=O)(=O)Nc2ncnc3cc(N4CCN(Cc5ccccc5-c5ccc(Cl)cc5)CC4)ccc23)ccc1NC(CCNCc1cccc2c1OCO2)CSc1ccccc1. The molecule has 1 unspecified atom stereocenters. The number of rotatable bonds is 18. The van der Waals surface area contributed by atoms with Gasteiger partial charge in [-0.3, -0.25) is 19.7 Å². The summed E-state index contributed by atoms with van der Waals surface area (Å²) >= 11 is 7.78. The maximum atomic E-state index is 13.9. The highest BCUT2D eigenvalue weighted by atomic mass is 35.5. The van der Waals surface area contributed by atoms with Gasteiger partial charge in [0.15, 0.2) is 17.3 Å². The van der Waals surface area contributed by atoms with Crippen LogP contribution in [0.3, 0.4) is 0 Å². The minimum atomic E-state index is -4.31. The molecule has 0 aliphatic carbocycles. The number of benzene rings is 6. The number of nitrogens with one attached hydrogen (secondary N) is 3. The third kappa shape index (κ3) is 10.6. The Morgan fingerprint density at radius 1 is 0.833 bits per heavy atom. The third-order valence-electron chi connectivity index (χ3n) is 11.6. The quantitative estimate of drug-likeness (QED) is 0.0323.